The molecule has 0 fully saturated rings. The molecule has 0 unspecified atom stereocenters. The fraction of sp³-hybridized carbons (Fsp3) is 0. The van der Waals surface area contributed by atoms with Gasteiger partial charge in [-0.1, -0.05) is 0 Å². The van der Waals surface area contributed by atoms with Crippen molar-refractivity contribution < 1.29 is 192 Å². The van der Waals surface area contributed by atoms with Gasteiger partial charge in [0, 0.05) is 0 Å². The number of hydrogen-bond donors (Lipinski definition) is 2. The molecule has 0 aromatic carbocycles. The summed E-state index contributed by atoms with van der Waals surface area (Å²) in [6.45, 7) is 0. The molecule has 0 aromatic rings. The van der Waals surface area contributed by atoms with Crippen LogP contribution in [0.25, 0.3) is 0 Å². The Labute approximate surface area is 195 Å². The molecule has 0 saturated heterocycles. The molecule has 0 atom stereocenters. The van der Waals surface area contributed by atoms with Crippen molar-refractivity contribution in [2.24, 2.45) is 0 Å². The first-order valence-electron chi connectivity index (χ1n) is 1.37. The molecule has 0 bridgehead atoms. The predicted molar refractivity (Wildman–Crippen MR) is 19.5 cm³/mol. The summed E-state index contributed by atoms with van der Waals surface area (Å²) >= 11 is -5.92. The van der Waals surface area contributed by atoms with Crippen molar-refractivity contribution in [2.45, 2.75) is 0 Å². The van der Waals surface area contributed by atoms with Crippen molar-refractivity contribution in [3.63, 3.8) is 0 Å². The van der Waals surface area contributed by atoms with E-state index in [1.165, 1.54) is 0 Å². The SMILES string of the molecule is O.O=S(=O)([O-])O.[Cs+].[Cs+].[O]=[W](=[O])([O-])[OH]. The summed E-state index contributed by atoms with van der Waals surface area (Å²) in [5.41, 5.74) is 0. The molecule has 0 rings (SSSR count). The van der Waals surface area contributed by atoms with Crippen molar-refractivity contribution in [3.05, 3.63) is 0 Å². The summed E-state index contributed by atoms with van der Waals surface area (Å²) in [5.74, 6) is 0. The van der Waals surface area contributed by atoms with Crippen LogP contribution in [0.1, 0.15) is 0 Å². The Kier molecular flexibility index (Phi) is 33.1. The van der Waals surface area contributed by atoms with Crippen LogP contribution in [0.15, 0.2) is 0 Å². The Morgan fingerprint density at radius 1 is 1.15 bits per heavy atom. The third kappa shape index (κ3) is 188. The van der Waals surface area contributed by atoms with Gasteiger partial charge in [-0.15, -0.1) is 0 Å². The van der Waals surface area contributed by atoms with Gasteiger partial charge in [0.2, 0.25) is 10.4 Å². The zero-order valence-corrected chi connectivity index (χ0v) is 23.0. The van der Waals surface area contributed by atoms with Crippen LogP contribution in [-0.2, 0) is 33.9 Å². The zero-order valence-electron chi connectivity index (χ0n) is 6.66. The van der Waals surface area contributed by atoms with E-state index in [2.05, 4.69) is 0 Å². The van der Waals surface area contributed by atoms with Gasteiger partial charge in [0.15, 0.2) is 0 Å². The molecule has 13 heteroatoms. The summed E-state index contributed by atoms with van der Waals surface area (Å²) in [6, 6.07) is 0. The van der Waals surface area contributed by atoms with E-state index in [0.29, 0.717) is 0 Å². The molecule has 13 heavy (non-hydrogen) atoms. The summed E-state index contributed by atoms with van der Waals surface area (Å²) in [5, 5.41) is 0. The van der Waals surface area contributed by atoms with Gasteiger partial charge < -0.3 is 10.0 Å². The molecule has 0 aromatic heterocycles. The monoisotopic (exact) mass is 630 g/mol. The van der Waals surface area contributed by atoms with Crippen LogP contribution in [-0.4, -0.2) is 26.8 Å². The second-order valence-electron chi connectivity index (χ2n) is 0.855. The standard InChI is InChI=1S/2Cs.H2O4S.2H2O.3O.W/c;;1-5(2,3)4;;;;;;/h;;(H2,1,2,3,4);2*1H2;;;;/q2*+1;;;;;;-1;+1/p-2. The molecule has 0 aliphatic heterocycles. The summed E-state index contributed by atoms with van der Waals surface area (Å²) < 4.78 is 66.2. The third-order valence-electron chi connectivity index (χ3n) is 0. The molecule has 0 amide bonds. The zero-order chi connectivity index (χ0) is 9.00. The molecule has 0 radical (unpaired) electrons. The summed E-state index contributed by atoms with van der Waals surface area (Å²) in [4.78, 5) is 0. The number of rotatable bonds is 0. The second kappa shape index (κ2) is 14.2. The van der Waals surface area contributed by atoms with Crippen LogP contribution in [0, 0.1) is 0 Å². The van der Waals surface area contributed by atoms with E-state index < -0.39 is 27.1 Å². The summed E-state index contributed by atoms with van der Waals surface area (Å²) in [6.07, 6.45) is 0. The van der Waals surface area contributed by atoms with Crippen LogP contribution in [0.5, 0.6) is 0 Å². The summed E-state index contributed by atoms with van der Waals surface area (Å²) in [7, 11) is -4.92. The molecule has 9 nitrogen and oxygen atoms in total. The van der Waals surface area contributed by atoms with Crippen LogP contribution in [0.2, 0.25) is 0 Å². The van der Waals surface area contributed by atoms with Crippen LogP contribution >= 0.6 is 0 Å². The topological polar surface area (TPSA) is 186 Å². The van der Waals surface area contributed by atoms with E-state index >= 15 is 0 Å². The first kappa shape index (κ1) is 30.3. The van der Waals surface area contributed by atoms with Gasteiger partial charge in [-0.05, 0) is 0 Å². The first-order chi connectivity index (χ1) is 4.00. The van der Waals surface area contributed by atoms with Gasteiger partial charge >= 0.3 is 169 Å². The Morgan fingerprint density at radius 2 is 1.15 bits per heavy atom. The molecule has 0 aliphatic rings. The molecular weight excluding hydrogens is 626 g/mol. The normalized spacial score (nSPS) is 8.92. The molecule has 4 N–H and O–H groups in total. The predicted octanol–water partition coefficient (Wildman–Crippen LogP) is -9.80. The van der Waals surface area contributed by atoms with E-state index in [0.717, 1.165) is 0 Å². The van der Waals surface area contributed by atoms with E-state index in [4.69, 9.17) is 31.8 Å². The van der Waals surface area contributed by atoms with Crippen molar-refractivity contribution in [1.29, 1.82) is 0 Å². The van der Waals surface area contributed by atoms with Crippen molar-refractivity contribution in [3.8, 4) is 0 Å². The minimum atomic E-state index is -5.92. The first-order valence-corrected chi connectivity index (χ1v) is 7.63. The second-order valence-corrected chi connectivity index (χ2v) is 4.78. The quantitative estimate of drug-likeness (QED) is 0.195. The van der Waals surface area contributed by atoms with Crippen LogP contribution in [0.3, 0.4) is 0 Å². The average Bonchev–Trinajstić information content (AvgIpc) is 1.12. The van der Waals surface area contributed by atoms with Crippen molar-refractivity contribution in [2.75, 3.05) is 0 Å². The Balaban J connectivity index is -0.0000000267. The van der Waals surface area contributed by atoms with Gasteiger partial charge in [-0.3, -0.25) is 4.55 Å². The Morgan fingerprint density at radius 3 is 1.15 bits per heavy atom. The minimum absolute atomic E-state index is 0. The molecule has 0 aliphatic carbocycles. The maximum atomic E-state index is 8.76. The van der Waals surface area contributed by atoms with Crippen LogP contribution in [0.4, 0.5) is 0 Å². The van der Waals surface area contributed by atoms with E-state index in [1.807, 2.05) is 0 Å². The van der Waals surface area contributed by atoms with Crippen molar-refractivity contribution in [1.82, 2.24) is 0 Å². The van der Waals surface area contributed by atoms with Crippen LogP contribution < -0.4 is 142 Å². The Bertz CT molecular complexity index is 214. The fourth-order valence-electron chi connectivity index (χ4n) is 0. The molecule has 0 heterocycles. The van der Waals surface area contributed by atoms with Gasteiger partial charge in [-0.2, -0.15) is 0 Å². The molecular formula is H4Cs2O9SW. The van der Waals surface area contributed by atoms with Gasteiger partial charge in [-0.25, -0.2) is 8.42 Å². The van der Waals surface area contributed by atoms with E-state index in [-0.39, 0.29) is 143 Å². The van der Waals surface area contributed by atoms with E-state index in [9.17, 15) is 0 Å². The number of hydrogen-bond acceptors (Lipinski definition) is 6. The van der Waals surface area contributed by atoms with Gasteiger partial charge in [0.05, 0.1) is 0 Å². The third-order valence-corrected chi connectivity index (χ3v) is 0. The average molecular weight is 630 g/mol. The fourth-order valence-corrected chi connectivity index (χ4v) is 0. The van der Waals surface area contributed by atoms with Gasteiger partial charge in [0.1, 0.15) is 0 Å². The molecule has 72 valence electrons. The van der Waals surface area contributed by atoms with Gasteiger partial charge in [0.25, 0.3) is 0 Å². The maximum absolute atomic E-state index is 8.76. The molecule has 0 saturated carbocycles. The van der Waals surface area contributed by atoms with Crippen molar-refractivity contribution >= 4 is 10.4 Å². The molecule has 0 spiro atoms. The Hall–Kier alpha value is 4.14. The van der Waals surface area contributed by atoms with E-state index in [1.54, 1.807) is 0 Å².